The Morgan fingerprint density at radius 1 is 1.29 bits per heavy atom. The van der Waals surface area contributed by atoms with E-state index < -0.39 is 5.82 Å². The van der Waals surface area contributed by atoms with Gasteiger partial charge in [-0.15, -0.1) is 0 Å². The molecule has 1 fully saturated rings. The summed E-state index contributed by atoms with van der Waals surface area (Å²) in [5.74, 6) is -0.0322. The average molecular weight is 351 g/mol. The number of hydrogen-bond acceptors (Lipinski definition) is 2. The lowest BCUT2D eigenvalue weighted by atomic mass is 9.61. The number of benzene rings is 1. The molecule has 0 bridgehead atoms. The Kier molecular flexibility index (Phi) is 5.44. The first-order chi connectivity index (χ1) is 11.0. The summed E-state index contributed by atoms with van der Waals surface area (Å²) >= 11 is 5.89. The molecule has 0 heterocycles. The molecule has 0 spiro atoms. The van der Waals surface area contributed by atoms with Gasteiger partial charge in [-0.1, -0.05) is 39.3 Å². The minimum Gasteiger partial charge on any atom is -0.349 e. The van der Waals surface area contributed by atoms with E-state index in [1.165, 1.54) is 12.5 Å². The molecule has 0 radical (unpaired) electrons. The summed E-state index contributed by atoms with van der Waals surface area (Å²) in [5, 5.41) is 0.126. The predicted octanol–water partition coefficient (Wildman–Crippen LogP) is 6.31. The lowest BCUT2D eigenvalue weighted by molar-refractivity contribution is 0.0813. The smallest absolute Gasteiger partial charge is 0.141 e. The van der Waals surface area contributed by atoms with Crippen LogP contribution in [0.4, 0.5) is 10.1 Å². The first-order valence-electron chi connectivity index (χ1n) is 8.39. The van der Waals surface area contributed by atoms with Gasteiger partial charge >= 0.3 is 0 Å². The zero-order valence-electron chi connectivity index (χ0n) is 15.4. The van der Waals surface area contributed by atoms with Crippen molar-refractivity contribution in [1.29, 1.82) is 0 Å². The van der Waals surface area contributed by atoms with Crippen LogP contribution in [0.2, 0.25) is 5.02 Å². The number of anilines is 1. The molecular weight excluding hydrogens is 323 g/mol. The molecule has 1 saturated carbocycles. The Morgan fingerprint density at radius 3 is 2.38 bits per heavy atom. The van der Waals surface area contributed by atoms with E-state index >= 15 is 0 Å². The molecule has 0 atom stereocenters. The largest absolute Gasteiger partial charge is 0.349 e. The van der Waals surface area contributed by atoms with Gasteiger partial charge in [-0.25, -0.2) is 4.39 Å². The number of aliphatic imine (C=N–C) groups is 1. The van der Waals surface area contributed by atoms with E-state index in [0.29, 0.717) is 5.92 Å². The van der Waals surface area contributed by atoms with Gasteiger partial charge in [-0.05, 0) is 55.0 Å². The van der Waals surface area contributed by atoms with E-state index in [2.05, 4.69) is 39.4 Å². The molecule has 1 aliphatic rings. The lowest BCUT2D eigenvalue weighted by Gasteiger charge is -2.45. The van der Waals surface area contributed by atoms with Crippen molar-refractivity contribution in [2.45, 2.75) is 47.0 Å². The molecule has 0 amide bonds. The molecule has 0 saturated heterocycles. The van der Waals surface area contributed by atoms with E-state index in [1.54, 1.807) is 12.1 Å². The lowest BCUT2D eigenvalue weighted by Crippen LogP contribution is -2.34. The molecule has 132 valence electrons. The van der Waals surface area contributed by atoms with Crippen LogP contribution in [0.5, 0.6) is 0 Å². The van der Waals surface area contributed by atoms with Gasteiger partial charge in [0, 0.05) is 24.9 Å². The monoisotopic (exact) mass is 350 g/mol. The molecule has 0 unspecified atom stereocenters. The maximum Gasteiger partial charge on any atom is 0.141 e. The minimum absolute atomic E-state index is 0.126. The van der Waals surface area contributed by atoms with Crippen LogP contribution in [0.15, 0.2) is 35.1 Å². The first kappa shape index (κ1) is 19.0. The zero-order valence-corrected chi connectivity index (χ0v) is 16.1. The first-order valence-corrected chi connectivity index (χ1v) is 8.77. The summed E-state index contributed by atoms with van der Waals surface area (Å²) in [4.78, 5) is 6.25. The molecule has 0 aromatic heterocycles. The zero-order chi connectivity index (χ0) is 18.1. The number of allylic oxidation sites excluding steroid dienone is 1. The van der Waals surface area contributed by atoms with Crippen LogP contribution >= 0.6 is 11.6 Å². The average Bonchev–Trinajstić information content (AvgIpc) is 2.44. The molecule has 0 aliphatic heterocycles. The number of rotatable bonds is 4. The summed E-state index contributed by atoms with van der Waals surface area (Å²) < 4.78 is 13.4. The molecule has 24 heavy (non-hydrogen) atoms. The summed E-state index contributed by atoms with van der Waals surface area (Å²) in [7, 11) is 1.92. The van der Waals surface area contributed by atoms with Crippen molar-refractivity contribution in [2.75, 3.05) is 11.9 Å². The van der Waals surface area contributed by atoms with Crippen molar-refractivity contribution in [1.82, 2.24) is 0 Å². The van der Waals surface area contributed by atoms with Crippen LogP contribution in [0.25, 0.3) is 0 Å². The second-order valence-electron chi connectivity index (χ2n) is 8.53. The SMILES string of the molecule is C=N/C(=C\N(C)c1ccc(F)c(Cl)c1)C1CC(C)(C)CC(C)(C)C1. The maximum absolute atomic E-state index is 13.4. The summed E-state index contributed by atoms with van der Waals surface area (Å²) in [6, 6.07) is 4.73. The normalized spacial score (nSPS) is 20.7. The molecule has 4 heteroatoms. The van der Waals surface area contributed by atoms with Crippen LogP contribution in [-0.4, -0.2) is 13.8 Å². The van der Waals surface area contributed by atoms with E-state index in [1.807, 2.05) is 18.1 Å². The van der Waals surface area contributed by atoms with Gasteiger partial charge in [-0.2, -0.15) is 0 Å². The highest BCUT2D eigenvalue weighted by Gasteiger charge is 2.39. The van der Waals surface area contributed by atoms with E-state index in [0.717, 1.165) is 24.2 Å². The Hall–Kier alpha value is -1.35. The fraction of sp³-hybridized carbons (Fsp3) is 0.550. The third-order valence-corrected chi connectivity index (χ3v) is 5.08. The van der Waals surface area contributed by atoms with Gasteiger partial charge in [0.1, 0.15) is 5.82 Å². The highest BCUT2D eigenvalue weighted by Crippen LogP contribution is 2.50. The van der Waals surface area contributed by atoms with Crippen LogP contribution in [0.3, 0.4) is 0 Å². The number of nitrogens with zero attached hydrogens (tertiary/aromatic N) is 2. The highest BCUT2D eigenvalue weighted by atomic mass is 35.5. The predicted molar refractivity (Wildman–Crippen MR) is 102 cm³/mol. The van der Waals surface area contributed by atoms with Gasteiger partial charge in [0.25, 0.3) is 0 Å². The van der Waals surface area contributed by atoms with E-state index in [-0.39, 0.29) is 15.9 Å². The second-order valence-corrected chi connectivity index (χ2v) is 8.94. The van der Waals surface area contributed by atoms with Crippen molar-refractivity contribution >= 4 is 24.0 Å². The molecule has 1 aromatic carbocycles. The molecule has 2 nitrogen and oxygen atoms in total. The summed E-state index contributed by atoms with van der Waals surface area (Å²) in [5.41, 5.74) is 2.39. The van der Waals surface area contributed by atoms with Gasteiger partial charge in [0.05, 0.1) is 10.7 Å². The summed E-state index contributed by atoms with van der Waals surface area (Å²) in [6.45, 7) is 13.1. The third-order valence-electron chi connectivity index (χ3n) is 4.79. The molecule has 0 N–H and O–H groups in total. The van der Waals surface area contributed by atoms with Gasteiger partial charge in [0.15, 0.2) is 0 Å². The van der Waals surface area contributed by atoms with Crippen LogP contribution < -0.4 is 4.90 Å². The van der Waals surface area contributed by atoms with Crippen molar-refractivity contribution in [3.8, 4) is 0 Å². The highest BCUT2D eigenvalue weighted by molar-refractivity contribution is 6.31. The third kappa shape index (κ3) is 4.60. The molecule has 2 rings (SSSR count). The van der Waals surface area contributed by atoms with Crippen molar-refractivity contribution in [3.05, 3.63) is 40.9 Å². The van der Waals surface area contributed by atoms with Crippen LogP contribution in [0.1, 0.15) is 47.0 Å². The molecule has 1 aromatic rings. The topological polar surface area (TPSA) is 15.6 Å². The van der Waals surface area contributed by atoms with Crippen LogP contribution in [-0.2, 0) is 0 Å². The van der Waals surface area contributed by atoms with Crippen LogP contribution in [0, 0.1) is 22.6 Å². The summed E-state index contributed by atoms with van der Waals surface area (Å²) in [6.07, 6.45) is 5.40. The van der Waals surface area contributed by atoms with Gasteiger partial charge in [0.2, 0.25) is 0 Å². The van der Waals surface area contributed by atoms with Crippen molar-refractivity contribution in [3.63, 3.8) is 0 Å². The van der Waals surface area contributed by atoms with Gasteiger partial charge < -0.3 is 4.90 Å². The van der Waals surface area contributed by atoms with E-state index in [9.17, 15) is 4.39 Å². The molecular formula is C20H28ClFN2. The Morgan fingerprint density at radius 2 is 1.88 bits per heavy atom. The minimum atomic E-state index is -0.407. The fourth-order valence-electron chi connectivity index (χ4n) is 4.31. The second kappa shape index (κ2) is 6.87. The van der Waals surface area contributed by atoms with Crippen molar-refractivity contribution < 1.29 is 4.39 Å². The fourth-order valence-corrected chi connectivity index (χ4v) is 4.48. The van der Waals surface area contributed by atoms with E-state index in [4.69, 9.17) is 11.6 Å². The Labute approximate surface area is 150 Å². The number of halogens is 2. The molecule has 1 aliphatic carbocycles. The van der Waals surface area contributed by atoms with Gasteiger partial charge in [-0.3, -0.25) is 4.99 Å². The maximum atomic E-state index is 13.4. The standard InChI is InChI=1S/C20H28ClFN2/c1-19(2)10-14(11-20(3,4)13-19)18(23-5)12-24(6)15-7-8-17(22)16(21)9-15/h7-9,12,14H,5,10-11,13H2,1-4,6H3/b18-12-. The number of hydrogen-bond donors (Lipinski definition) is 0. The Bertz CT molecular complexity index is 633. The van der Waals surface area contributed by atoms with Crippen molar-refractivity contribution in [2.24, 2.45) is 21.7 Å². The quantitative estimate of drug-likeness (QED) is 0.581. The Balaban J connectivity index is 2.27.